The summed E-state index contributed by atoms with van der Waals surface area (Å²) in [5.41, 5.74) is 1.43. The summed E-state index contributed by atoms with van der Waals surface area (Å²) < 4.78 is 0. The molecule has 1 aliphatic carbocycles. The van der Waals surface area contributed by atoms with Crippen molar-refractivity contribution in [1.82, 2.24) is 10.2 Å². The van der Waals surface area contributed by atoms with Crippen molar-refractivity contribution in [1.29, 1.82) is 0 Å². The molecule has 124 valence electrons. The molecule has 1 aromatic carbocycles. The third-order valence-corrected chi connectivity index (χ3v) is 5.49. The van der Waals surface area contributed by atoms with Crippen molar-refractivity contribution in [2.24, 2.45) is 0 Å². The smallest absolute Gasteiger partial charge is 0.0185 e. The molecule has 0 spiro atoms. The minimum absolute atomic E-state index is 0.870. The molecular formula is C19H32N2S. The fourth-order valence-electron chi connectivity index (χ4n) is 3.29. The molecule has 1 fully saturated rings. The lowest BCUT2D eigenvalue weighted by Crippen LogP contribution is -2.39. The second kappa shape index (κ2) is 11.1. The van der Waals surface area contributed by atoms with Gasteiger partial charge < -0.3 is 5.32 Å². The topological polar surface area (TPSA) is 15.3 Å². The van der Waals surface area contributed by atoms with Gasteiger partial charge in [0.2, 0.25) is 0 Å². The van der Waals surface area contributed by atoms with E-state index in [4.69, 9.17) is 0 Å². The van der Waals surface area contributed by atoms with Crippen LogP contribution >= 0.6 is 11.8 Å². The summed E-state index contributed by atoms with van der Waals surface area (Å²) in [4.78, 5) is 2.72. The van der Waals surface area contributed by atoms with E-state index in [9.17, 15) is 0 Å². The Labute approximate surface area is 141 Å². The van der Waals surface area contributed by atoms with E-state index in [0.717, 1.165) is 24.9 Å². The van der Waals surface area contributed by atoms with Gasteiger partial charge in [-0.3, -0.25) is 4.90 Å². The standard InChI is InChI=1S/C19H32N2S/c1-2-14-21(19-10-6-7-11-19)15-12-20-13-16-22-17-18-8-4-3-5-9-18/h3-5,8-9,19-20H,2,6-7,10-17H2,1H3. The number of nitrogens with one attached hydrogen (secondary N) is 1. The molecular weight excluding hydrogens is 288 g/mol. The van der Waals surface area contributed by atoms with E-state index >= 15 is 0 Å². The van der Waals surface area contributed by atoms with Gasteiger partial charge in [-0.15, -0.1) is 0 Å². The number of benzene rings is 1. The van der Waals surface area contributed by atoms with Gasteiger partial charge in [-0.2, -0.15) is 11.8 Å². The van der Waals surface area contributed by atoms with Gasteiger partial charge in [-0.1, -0.05) is 50.1 Å². The van der Waals surface area contributed by atoms with Crippen LogP contribution in [0, 0.1) is 0 Å². The summed E-state index contributed by atoms with van der Waals surface area (Å²) in [5, 5.41) is 3.62. The molecule has 2 nitrogen and oxygen atoms in total. The first-order valence-electron chi connectivity index (χ1n) is 8.96. The average molecular weight is 321 g/mol. The predicted molar refractivity (Wildman–Crippen MR) is 99.6 cm³/mol. The average Bonchev–Trinajstić information content (AvgIpc) is 3.08. The molecule has 22 heavy (non-hydrogen) atoms. The maximum atomic E-state index is 3.62. The van der Waals surface area contributed by atoms with Crippen LogP contribution < -0.4 is 5.32 Å². The van der Waals surface area contributed by atoms with Crippen LogP contribution in [0.5, 0.6) is 0 Å². The first-order valence-corrected chi connectivity index (χ1v) is 10.1. The SMILES string of the molecule is CCCN(CCNCCSCc1ccccc1)C1CCCC1. The van der Waals surface area contributed by atoms with Crippen molar-refractivity contribution in [2.75, 3.05) is 31.9 Å². The summed E-state index contributed by atoms with van der Waals surface area (Å²) in [6, 6.07) is 11.6. The fraction of sp³-hybridized carbons (Fsp3) is 0.684. The zero-order chi connectivity index (χ0) is 15.5. The van der Waals surface area contributed by atoms with Crippen molar-refractivity contribution in [3.63, 3.8) is 0 Å². The van der Waals surface area contributed by atoms with Gasteiger partial charge in [0.15, 0.2) is 0 Å². The number of thioether (sulfide) groups is 1. The van der Waals surface area contributed by atoms with E-state index in [1.165, 1.54) is 56.5 Å². The minimum atomic E-state index is 0.870. The lowest BCUT2D eigenvalue weighted by atomic mass is 10.2. The molecule has 0 heterocycles. The van der Waals surface area contributed by atoms with E-state index < -0.39 is 0 Å². The van der Waals surface area contributed by atoms with Crippen molar-refractivity contribution in [3.05, 3.63) is 35.9 Å². The molecule has 1 N–H and O–H groups in total. The van der Waals surface area contributed by atoms with E-state index in [1.807, 2.05) is 11.8 Å². The van der Waals surface area contributed by atoms with Crippen LogP contribution in [-0.4, -0.2) is 42.9 Å². The van der Waals surface area contributed by atoms with E-state index in [0.29, 0.717) is 0 Å². The molecule has 1 saturated carbocycles. The third-order valence-electron chi connectivity index (χ3n) is 4.46. The van der Waals surface area contributed by atoms with Crippen LogP contribution in [0.25, 0.3) is 0 Å². The summed E-state index contributed by atoms with van der Waals surface area (Å²) in [6.45, 7) is 7.07. The largest absolute Gasteiger partial charge is 0.315 e. The van der Waals surface area contributed by atoms with Crippen molar-refractivity contribution < 1.29 is 0 Å². The lowest BCUT2D eigenvalue weighted by molar-refractivity contribution is 0.199. The number of nitrogens with zero attached hydrogens (tertiary/aromatic N) is 1. The first kappa shape index (κ1) is 17.8. The predicted octanol–water partition coefficient (Wildman–Crippen LogP) is 4.16. The monoisotopic (exact) mass is 320 g/mol. The third kappa shape index (κ3) is 6.72. The molecule has 0 bridgehead atoms. The Morgan fingerprint density at radius 2 is 1.86 bits per heavy atom. The van der Waals surface area contributed by atoms with Gasteiger partial charge in [0.25, 0.3) is 0 Å². The zero-order valence-electron chi connectivity index (χ0n) is 14.1. The molecule has 0 amide bonds. The molecule has 0 aliphatic heterocycles. The molecule has 1 aliphatic rings. The van der Waals surface area contributed by atoms with Gasteiger partial charge in [0.05, 0.1) is 0 Å². The minimum Gasteiger partial charge on any atom is -0.315 e. The van der Waals surface area contributed by atoms with E-state index in [1.54, 1.807) is 0 Å². The summed E-state index contributed by atoms with van der Waals surface area (Å²) >= 11 is 2.02. The van der Waals surface area contributed by atoms with Crippen molar-refractivity contribution >= 4 is 11.8 Å². The normalized spacial score (nSPS) is 15.7. The molecule has 0 radical (unpaired) electrons. The van der Waals surface area contributed by atoms with Crippen molar-refractivity contribution in [3.8, 4) is 0 Å². The molecule has 2 rings (SSSR count). The summed E-state index contributed by atoms with van der Waals surface area (Å²) in [6.07, 6.45) is 7.01. The maximum Gasteiger partial charge on any atom is 0.0185 e. The van der Waals surface area contributed by atoms with Crippen LogP contribution in [0.15, 0.2) is 30.3 Å². The highest BCUT2D eigenvalue weighted by Crippen LogP contribution is 2.23. The molecule has 1 aromatic rings. The zero-order valence-corrected chi connectivity index (χ0v) is 14.9. The van der Waals surface area contributed by atoms with Crippen LogP contribution in [0.4, 0.5) is 0 Å². The highest BCUT2D eigenvalue weighted by atomic mass is 32.2. The highest BCUT2D eigenvalue weighted by Gasteiger charge is 2.21. The molecule has 0 saturated heterocycles. The second-order valence-corrected chi connectivity index (χ2v) is 7.37. The molecule has 3 heteroatoms. The Morgan fingerprint density at radius 3 is 2.59 bits per heavy atom. The van der Waals surface area contributed by atoms with Gasteiger partial charge in [-0.05, 0) is 31.4 Å². The van der Waals surface area contributed by atoms with E-state index in [2.05, 4.69) is 47.5 Å². The van der Waals surface area contributed by atoms with Crippen molar-refractivity contribution in [2.45, 2.75) is 50.8 Å². The summed E-state index contributed by atoms with van der Waals surface area (Å²) in [5.74, 6) is 2.33. The molecule has 0 unspecified atom stereocenters. The second-order valence-electron chi connectivity index (χ2n) is 6.26. The van der Waals surface area contributed by atoms with Gasteiger partial charge in [-0.25, -0.2) is 0 Å². The number of hydrogen-bond donors (Lipinski definition) is 1. The first-order chi connectivity index (χ1) is 10.9. The van der Waals surface area contributed by atoms with Crippen LogP contribution in [-0.2, 0) is 5.75 Å². The number of rotatable bonds is 11. The lowest BCUT2D eigenvalue weighted by Gasteiger charge is -2.28. The van der Waals surface area contributed by atoms with Gasteiger partial charge in [0, 0.05) is 37.2 Å². The Bertz CT molecular complexity index is 376. The van der Waals surface area contributed by atoms with Gasteiger partial charge >= 0.3 is 0 Å². The Hall–Kier alpha value is -0.510. The maximum absolute atomic E-state index is 3.62. The molecule has 0 atom stereocenters. The Morgan fingerprint density at radius 1 is 1.09 bits per heavy atom. The van der Waals surface area contributed by atoms with E-state index in [-0.39, 0.29) is 0 Å². The Balaban J connectivity index is 1.50. The van der Waals surface area contributed by atoms with Gasteiger partial charge in [0.1, 0.15) is 0 Å². The van der Waals surface area contributed by atoms with Crippen LogP contribution in [0.1, 0.15) is 44.6 Å². The highest BCUT2D eigenvalue weighted by molar-refractivity contribution is 7.98. The van der Waals surface area contributed by atoms with Crippen LogP contribution in [0.3, 0.4) is 0 Å². The fourth-order valence-corrected chi connectivity index (χ4v) is 4.15. The Kier molecular flexibility index (Phi) is 8.99. The van der Waals surface area contributed by atoms with Crippen LogP contribution in [0.2, 0.25) is 0 Å². The molecule has 0 aromatic heterocycles. The number of hydrogen-bond acceptors (Lipinski definition) is 3. The summed E-state index contributed by atoms with van der Waals surface area (Å²) in [7, 11) is 0. The quantitative estimate of drug-likeness (QED) is 0.616.